The van der Waals surface area contributed by atoms with Gasteiger partial charge in [-0.1, -0.05) is 17.7 Å². The van der Waals surface area contributed by atoms with E-state index in [1.807, 2.05) is 13.8 Å². The Balaban J connectivity index is 2.41. The summed E-state index contributed by atoms with van der Waals surface area (Å²) in [4.78, 5) is 3.99. The van der Waals surface area contributed by atoms with Gasteiger partial charge in [0.1, 0.15) is 11.0 Å². The molecular formula is C13H14ClN3O2S. The van der Waals surface area contributed by atoms with E-state index in [-0.39, 0.29) is 15.9 Å². The number of nitrogens with one attached hydrogen (secondary N) is 1. The highest BCUT2D eigenvalue weighted by Gasteiger charge is 2.17. The molecule has 0 aliphatic carbocycles. The molecule has 0 unspecified atom stereocenters. The number of aryl methyl sites for hydroxylation is 1. The van der Waals surface area contributed by atoms with Crippen LogP contribution in [-0.4, -0.2) is 13.4 Å². The quantitative estimate of drug-likeness (QED) is 0.674. The summed E-state index contributed by atoms with van der Waals surface area (Å²) >= 11 is 5.73. The Bertz CT molecular complexity index is 737. The summed E-state index contributed by atoms with van der Waals surface area (Å²) in [6, 6.07) is 7.69. The minimum Gasteiger partial charge on any atom is -0.398 e. The maximum absolute atomic E-state index is 12.3. The van der Waals surface area contributed by atoms with Crippen molar-refractivity contribution >= 4 is 33.1 Å². The van der Waals surface area contributed by atoms with Crippen LogP contribution >= 0.6 is 11.6 Å². The van der Waals surface area contributed by atoms with Crippen molar-refractivity contribution in [3.8, 4) is 0 Å². The summed E-state index contributed by atoms with van der Waals surface area (Å²) in [6.07, 6.45) is 0. The molecule has 1 aromatic heterocycles. The molecule has 0 aliphatic heterocycles. The molecule has 0 saturated carbocycles. The Kier molecular flexibility index (Phi) is 3.87. The number of nitrogens with zero attached hydrogens (tertiary/aromatic N) is 1. The van der Waals surface area contributed by atoms with E-state index in [1.165, 1.54) is 12.1 Å². The highest BCUT2D eigenvalue weighted by molar-refractivity contribution is 7.92. The second-order valence-electron chi connectivity index (χ2n) is 4.41. The van der Waals surface area contributed by atoms with Gasteiger partial charge in [-0.05, 0) is 49.2 Å². The summed E-state index contributed by atoms with van der Waals surface area (Å²) < 4.78 is 26.9. The average Bonchev–Trinajstić information content (AvgIpc) is 2.34. The number of sulfonamides is 1. The SMILES string of the molecule is Cc1cc(S(=O)(=O)Nc2cccc(Cl)n2)cc(N)c1C. The van der Waals surface area contributed by atoms with Crippen molar-refractivity contribution < 1.29 is 8.42 Å². The molecule has 2 aromatic rings. The molecule has 0 atom stereocenters. The van der Waals surface area contributed by atoms with Crippen LogP contribution in [0.15, 0.2) is 35.2 Å². The average molecular weight is 312 g/mol. The highest BCUT2D eigenvalue weighted by Crippen LogP contribution is 2.23. The van der Waals surface area contributed by atoms with E-state index in [1.54, 1.807) is 18.2 Å². The largest absolute Gasteiger partial charge is 0.398 e. The van der Waals surface area contributed by atoms with Gasteiger partial charge in [0.15, 0.2) is 0 Å². The number of nitrogen functional groups attached to an aromatic ring is 1. The minimum absolute atomic E-state index is 0.0971. The molecule has 3 N–H and O–H groups in total. The van der Waals surface area contributed by atoms with Gasteiger partial charge in [0.25, 0.3) is 10.0 Å². The zero-order valence-electron chi connectivity index (χ0n) is 11.0. The lowest BCUT2D eigenvalue weighted by molar-refractivity contribution is 0.601. The Morgan fingerprint density at radius 3 is 2.55 bits per heavy atom. The van der Waals surface area contributed by atoms with Crippen LogP contribution in [0.5, 0.6) is 0 Å². The van der Waals surface area contributed by atoms with E-state index >= 15 is 0 Å². The van der Waals surface area contributed by atoms with Crippen LogP contribution in [0.4, 0.5) is 11.5 Å². The first-order valence-electron chi connectivity index (χ1n) is 5.82. The van der Waals surface area contributed by atoms with Crippen LogP contribution in [0.1, 0.15) is 11.1 Å². The third-order valence-corrected chi connectivity index (χ3v) is 4.49. The van der Waals surface area contributed by atoms with Gasteiger partial charge in [-0.25, -0.2) is 13.4 Å². The van der Waals surface area contributed by atoms with Crippen LogP contribution < -0.4 is 10.5 Å². The number of hydrogen-bond acceptors (Lipinski definition) is 4. The van der Waals surface area contributed by atoms with Gasteiger partial charge in [0.05, 0.1) is 4.90 Å². The Morgan fingerprint density at radius 1 is 1.25 bits per heavy atom. The second-order valence-corrected chi connectivity index (χ2v) is 6.48. The highest BCUT2D eigenvalue weighted by atomic mass is 35.5. The Morgan fingerprint density at radius 2 is 1.95 bits per heavy atom. The molecule has 7 heteroatoms. The maximum Gasteiger partial charge on any atom is 0.263 e. The summed E-state index contributed by atoms with van der Waals surface area (Å²) in [6.45, 7) is 3.65. The maximum atomic E-state index is 12.3. The van der Waals surface area contributed by atoms with Gasteiger partial charge in [-0.2, -0.15) is 0 Å². The van der Waals surface area contributed by atoms with Crippen LogP contribution in [0.25, 0.3) is 0 Å². The summed E-state index contributed by atoms with van der Waals surface area (Å²) in [7, 11) is -3.74. The second kappa shape index (κ2) is 5.30. The zero-order valence-corrected chi connectivity index (χ0v) is 12.6. The number of aromatic nitrogens is 1. The standard InChI is InChI=1S/C13H14ClN3O2S/c1-8-6-10(7-11(15)9(8)2)20(18,19)17-13-5-3-4-12(14)16-13/h3-7H,15H2,1-2H3,(H,16,17). The molecule has 0 bridgehead atoms. The van der Waals surface area contributed by atoms with Crippen molar-refractivity contribution in [1.29, 1.82) is 0 Å². The molecule has 2 rings (SSSR count). The zero-order chi connectivity index (χ0) is 14.9. The monoisotopic (exact) mass is 311 g/mol. The molecular weight excluding hydrogens is 298 g/mol. The molecule has 1 heterocycles. The van der Waals surface area contributed by atoms with E-state index in [2.05, 4.69) is 9.71 Å². The smallest absolute Gasteiger partial charge is 0.263 e. The normalized spacial score (nSPS) is 11.3. The molecule has 0 saturated heterocycles. The molecule has 0 spiro atoms. The first kappa shape index (κ1) is 14.6. The molecule has 106 valence electrons. The van der Waals surface area contributed by atoms with E-state index < -0.39 is 10.0 Å². The summed E-state index contributed by atoms with van der Waals surface area (Å²) in [5.41, 5.74) is 7.92. The molecule has 1 aromatic carbocycles. The molecule has 0 radical (unpaired) electrons. The number of nitrogens with two attached hydrogens (primary N) is 1. The Labute approximate surface area is 122 Å². The summed E-state index contributed by atoms with van der Waals surface area (Å²) in [5, 5.41) is 0.213. The van der Waals surface area contributed by atoms with Crippen molar-refractivity contribution in [3.63, 3.8) is 0 Å². The lowest BCUT2D eigenvalue weighted by Crippen LogP contribution is -2.14. The van der Waals surface area contributed by atoms with Crippen LogP contribution in [0.3, 0.4) is 0 Å². The molecule has 20 heavy (non-hydrogen) atoms. The fraction of sp³-hybridized carbons (Fsp3) is 0.154. The van der Waals surface area contributed by atoms with Gasteiger partial charge in [-0.3, -0.25) is 4.72 Å². The third kappa shape index (κ3) is 3.02. The van der Waals surface area contributed by atoms with Gasteiger partial charge in [-0.15, -0.1) is 0 Å². The lowest BCUT2D eigenvalue weighted by atomic mass is 10.1. The van der Waals surface area contributed by atoms with Gasteiger partial charge in [0, 0.05) is 5.69 Å². The van der Waals surface area contributed by atoms with Crippen LogP contribution in [0, 0.1) is 13.8 Å². The van der Waals surface area contributed by atoms with Crippen molar-refractivity contribution in [2.24, 2.45) is 0 Å². The van der Waals surface area contributed by atoms with Crippen LogP contribution in [0.2, 0.25) is 5.15 Å². The third-order valence-electron chi connectivity index (χ3n) is 2.95. The predicted octanol–water partition coefficient (Wildman–Crippen LogP) is 2.73. The Hall–Kier alpha value is -1.79. The fourth-order valence-corrected chi connectivity index (χ4v) is 2.95. The number of anilines is 2. The van der Waals surface area contributed by atoms with Gasteiger partial charge < -0.3 is 5.73 Å². The molecule has 0 aliphatic rings. The van der Waals surface area contributed by atoms with Crippen molar-refractivity contribution in [3.05, 3.63) is 46.6 Å². The lowest BCUT2D eigenvalue weighted by Gasteiger charge is -2.11. The summed E-state index contributed by atoms with van der Waals surface area (Å²) in [5.74, 6) is 0.161. The topological polar surface area (TPSA) is 85.1 Å². The van der Waals surface area contributed by atoms with Crippen molar-refractivity contribution in [1.82, 2.24) is 4.98 Å². The van der Waals surface area contributed by atoms with Crippen molar-refractivity contribution in [2.75, 3.05) is 10.5 Å². The molecule has 0 fully saturated rings. The van der Waals surface area contributed by atoms with Crippen molar-refractivity contribution in [2.45, 2.75) is 18.7 Å². The number of halogens is 1. The number of hydrogen-bond donors (Lipinski definition) is 2. The van der Waals surface area contributed by atoms with E-state index in [0.717, 1.165) is 11.1 Å². The number of rotatable bonds is 3. The number of pyridine rings is 1. The van der Waals surface area contributed by atoms with E-state index in [0.29, 0.717) is 5.69 Å². The fourth-order valence-electron chi connectivity index (χ4n) is 1.67. The minimum atomic E-state index is -3.74. The van der Waals surface area contributed by atoms with Gasteiger partial charge in [0.2, 0.25) is 0 Å². The first-order chi connectivity index (χ1) is 9.29. The first-order valence-corrected chi connectivity index (χ1v) is 7.68. The van der Waals surface area contributed by atoms with E-state index in [4.69, 9.17) is 17.3 Å². The molecule has 5 nitrogen and oxygen atoms in total. The number of benzene rings is 1. The van der Waals surface area contributed by atoms with E-state index in [9.17, 15) is 8.42 Å². The van der Waals surface area contributed by atoms with Gasteiger partial charge >= 0.3 is 0 Å². The predicted molar refractivity (Wildman–Crippen MR) is 80.4 cm³/mol. The van der Waals surface area contributed by atoms with Crippen LogP contribution in [-0.2, 0) is 10.0 Å². The molecule has 0 amide bonds.